The van der Waals surface area contributed by atoms with E-state index in [1.807, 2.05) is 14.1 Å². The number of rotatable bonds is 3. The van der Waals surface area contributed by atoms with E-state index in [0.717, 1.165) is 36.7 Å². The molecular formula is C24H35N3O. The Morgan fingerprint density at radius 2 is 1.75 bits per heavy atom. The van der Waals surface area contributed by atoms with Gasteiger partial charge in [0.25, 0.3) is 0 Å². The molecule has 0 radical (unpaired) electrons. The van der Waals surface area contributed by atoms with Gasteiger partial charge >= 0.3 is 0 Å². The summed E-state index contributed by atoms with van der Waals surface area (Å²) in [6, 6.07) is 6.98. The Bertz CT molecular complexity index is 791. The van der Waals surface area contributed by atoms with Crippen molar-refractivity contribution in [3.63, 3.8) is 0 Å². The summed E-state index contributed by atoms with van der Waals surface area (Å²) in [5.41, 5.74) is 5.90. The number of aliphatic imine (C=N–C) groups is 1. The quantitative estimate of drug-likeness (QED) is 0.451. The number of allylic oxidation sites excluding steroid dienone is 1. The number of aliphatic hydroxyl groups is 1. The average Bonchev–Trinajstić information content (AvgIpc) is 3.11. The van der Waals surface area contributed by atoms with Gasteiger partial charge in [-0.25, -0.2) is 0 Å². The molecule has 0 atom stereocenters. The molecule has 0 spiro atoms. The van der Waals surface area contributed by atoms with E-state index in [1.54, 1.807) is 6.92 Å². The first-order chi connectivity index (χ1) is 13.3. The summed E-state index contributed by atoms with van der Waals surface area (Å²) in [5.74, 6) is 1.36. The Morgan fingerprint density at radius 3 is 2.29 bits per heavy atom. The summed E-state index contributed by atoms with van der Waals surface area (Å²) >= 11 is 0. The molecule has 0 aromatic heterocycles. The third-order valence-corrected chi connectivity index (χ3v) is 6.47. The van der Waals surface area contributed by atoms with Gasteiger partial charge in [-0.05, 0) is 39.2 Å². The van der Waals surface area contributed by atoms with Gasteiger partial charge in [-0.3, -0.25) is 4.99 Å². The molecule has 0 amide bonds. The maximum atomic E-state index is 10.4. The minimum Gasteiger partial charge on any atom is -0.510 e. The molecule has 4 heteroatoms. The van der Waals surface area contributed by atoms with Gasteiger partial charge in [0.2, 0.25) is 0 Å². The van der Waals surface area contributed by atoms with Gasteiger partial charge in [-0.1, -0.05) is 48.7 Å². The van der Waals surface area contributed by atoms with Crippen LogP contribution in [0.15, 0.2) is 46.9 Å². The number of nitrogens with zero attached hydrogens (tertiary/aromatic N) is 3. The Labute approximate surface area is 170 Å². The third kappa shape index (κ3) is 3.82. The SMILES string of the molecule is C=C1/C(=C(/C)O)N(/C(CC2(c3cc(C)cc(C)c3)CCCC2)=N\C)CCN1C. The zero-order valence-electron chi connectivity index (χ0n) is 18.2. The highest BCUT2D eigenvalue weighted by Crippen LogP contribution is 2.45. The van der Waals surface area contributed by atoms with E-state index in [-0.39, 0.29) is 5.41 Å². The monoisotopic (exact) mass is 381 g/mol. The second kappa shape index (κ2) is 8.02. The fourth-order valence-electron chi connectivity index (χ4n) is 4.99. The fourth-order valence-corrected chi connectivity index (χ4v) is 4.99. The Morgan fingerprint density at radius 1 is 1.14 bits per heavy atom. The van der Waals surface area contributed by atoms with E-state index in [4.69, 9.17) is 4.99 Å². The van der Waals surface area contributed by atoms with Crippen LogP contribution in [0.1, 0.15) is 55.7 Å². The van der Waals surface area contributed by atoms with Crippen molar-refractivity contribution < 1.29 is 5.11 Å². The molecule has 3 rings (SSSR count). The van der Waals surface area contributed by atoms with Crippen LogP contribution in [0.2, 0.25) is 0 Å². The van der Waals surface area contributed by atoms with Gasteiger partial charge < -0.3 is 14.9 Å². The second-order valence-corrected chi connectivity index (χ2v) is 8.63. The molecule has 1 aromatic carbocycles. The van der Waals surface area contributed by atoms with Crippen molar-refractivity contribution in [3.8, 4) is 0 Å². The van der Waals surface area contributed by atoms with Crippen LogP contribution in [0.25, 0.3) is 0 Å². The van der Waals surface area contributed by atoms with Crippen LogP contribution in [0.3, 0.4) is 0 Å². The van der Waals surface area contributed by atoms with Crippen molar-refractivity contribution in [2.75, 3.05) is 27.2 Å². The van der Waals surface area contributed by atoms with Crippen molar-refractivity contribution in [1.82, 2.24) is 9.80 Å². The van der Waals surface area contributed by atoms with Crippen LogP contribution in [0, 0.1) is 13.8 Å². The minimum absolute atomic E-state index is 0.130. The highest BCUT2D eigenvalue weighted by Gasteiger charge is 2.39. The minimum atomic E-state index is 0.130. The third-order valence-electron chi connectivity index (χ3n) is 6.47. The number of likely N-dealkylation sites (N-methyl/N-ethyl adjacent to an activating group) is 1. The van der Waals surface area contributed by atoms with Crippen molar-refractivity contribution in [1.29, 1.82) is 0 Å². The first-order valence-corrected chi connectivity index (χ1v) is 10.4. The largest absolute Gasteiger partial charge is 0.510 e. The summed E-state index contributed by atoms with van der Waals surface area (Å²) in [7, 11) is 3.91. The lowest BCUT2D eigenvalue weighted by Crippen LogP contribution is -2.46. The summed E-state index contributed by atoms with van der Waals surface area (Å²) in [6.45, 7) is 12.0. The zero-order valence-corrected chi connectivity index (χ0v) is 18.2. The first-order valence-electron chi connectivity index (χ1n) is 10.4. The van der Waals surface area contributed by atoms with E-state index >= 15 is 0 Å². The van der Waals surface area contributed by atoms with E-state index in [0.29, 0.717) is 5.76 Å². The first kappa shape index (κ1) is 20.5. The molecule has 1 heterocycles. The Balaban J connectivity index is 1.98. The molecule has 1 saturated carbocycles. The van der Waals surface area contributed by atoms with Crippen LogP contribution in [-0.4, -0.2) is 47.9 Å². The molecule has 1 aliphatic heterocycles. The lowest BCUT2D eigenvalue weighted by atomic mass is 9.74. The average molecular weight is 382 g/mol. The molecule has 1 aliphatic carbocycles. The normalized spacial score (nSPS) is 22.0. The molecule has 0 unspecified atom stereocenters. The molecular weight excluding hydrogens is 346 g/mol. The van der Waals surface area contributed by atoms with Gasteiger partial charge in [-0.2, -0.15) is 0 Å². The molecule has 1 saturated heterocycles. The number of hydrogen-bond donors (Lipinski definition) is 1. The Hall–Kier alpha value is -2.23. The number of aryl methyl sites for hydroxylation is 2. The molecule has 0 bridgehead atoms. The van der Waals surface area contributed by atoms with Gasteiger partial charge in [0, 0.05) is 39.0 Å². The highest BCUT2D eigenvalue weighted by molar-refractivity contribution is 5.86. The van der Waals surface area contributed by atoms with Crippen LogP contribution >= 0.6 is 0 Å². The Kier molecular flexibility index (Phi) is 5.87. The standard InChI is InChI=1S/C24H35N3O/c1-17-13-18(2)15-21(14-17)24(9-7-8-10-24)16-22(25-5)27-12-11-26(6)19(3)23(27)20(4)28/h13-15,28H,3,7-12,16H2,1-2,4-6H3/b23-20+,25-22-. The van der Waals surface area contributed by atoms with E-state index in [1.165, 1.54) is 42.4 Å². The predicted molar refractivity (Wildman–Crippen MR) is 118 cm³/mol. The fraction of sp³-hybridized carbons (Fsp3) is 0.542. The molecule has 152 valence electrons. The molecule has 2 aliphatic rings. The molecule has 1 aromatic rings. The topological polar surface area (TPSA) is 39.1 Å². The second-order valence-electron chi connectivity index (χ2n) is 8.63. The van der Waals surface area contributed by atoms with E-state index in [9.17, 15) is 5.11 Å². The maximum Gasteiger partial charge on any atom is 0.115 e. The van der Waals surface area contributed by atoms with Crippen LogP contribution < -0.4 is 0 Å². The molecule has 1 N–H and O–H groups in total. The number of amidine groups is 1. The lowest BCUT2D eigenvalue weighted by Gasteiger charge is -2.42. The summed E-state index contributed by atoms with van der Waals surface area (Å²) in [5, 5.41) is 10.4. The smallest absolute Gasteiger partial charge is 0.115 e. The van der Waals surface area contributed by atoms with Crippen LogP contribution in [0.5, 0.6) is 0 Å². The lowest BCUT2D eigenvalue weighted by molar-refractivity contribution is 0.282. The van der Waals surface area contributed by atoms with Crippen molar-refractivity contribution >= 4 is 5.84 Å². The van der Waals surface area contributed by atoms with Crippen molar-refractivity contribution in [2.24, 2.45) is 4.99 Å². The van der Waals surface area contributed by atoms with Gasteiger partial charge in [0.1, 0.15) is 17.3 Å². The van der Waals surface area contributed by atoms with Crippen molar-refractivity contribution in [2.45, 2.75) is 58.3 Å². The summed E-state index contributed by atoms with van der Waals surface area (Å²) < 4.78 is 0. The van der Waals surface area contributed by atoms with Crippen LogP contribution in [0.4, 0.5) is 0 Å². The van der Waals surface area contributed by atoms with Crippen LogP contribution in [-0.2, 0) is 5.41 Å². The number of hydrogen-bond acceptors (Lipinski definition) is 3. The van der Waals surface area contributed by atoms with Gasteiger partial charge in [-0.15, -0.1) is 0 Å². The zero-order chi connectivity index (χ0) is 20.5. The molecule has 2 fully saturated rings. The number of aliphatic hydroxyl groups excluding tert-OH is 1. The van der Waals surface area contributed by atoms with E-state index < -0.39 is 0 Å². The summed E-state index contributed by atoms with van der Waals surface area (Å²) in [4.78, 5) is 9.02. The predicted octanol–water partition coefficient (Wildman–Crippen LogP) is 5.08. The molecule has 28 heavy (non-hydrogen) atoms. The van der Waals surface area contributed by atoms with Gasteiger partial charge in [0.15, 0.2) is 0 Å². The number of piperazine rings is 1. The van der Waals surface area contributed by atoms with Gasteiger partial charge in [0.05, 0.1) is 5.70 Å². The van der Waals surface area contributed by atoms with E-state index in [2.05, 4.69) is 48.4 Å². The highest BCUT2D eigenvalue weighted by atomic mass is 16.3. The number of benzene rings is 1. The summed E-state index contributed by atoms with van der Waals surface area (Å²) in [6.07, 6.45) is 5.82. The van der Waals surface area contributed by atoms with Crippen molar-refractivity contribution in [3.05, 3.63) is 58.6 Å². The molecule has 4 nitrogen and oxygen atoms in total. The maximum absolute atomic E-state index is 10.4.